The molecule has 4 nitrogen and oxygen atoms in total. The van der Waals surface area contributed by atoms with Crippen LogP contribution in [-0.4, -0.2) is 49.7 Å². The molecule has 0 radical (unpaired) electrons. The summed E-state index contributed by atoms with van der Waals surface area (Å²) in [5, 5.41) is 0. The number of sulfone groups is 1. The number of halogens is 1. The standard InChI is InChI=1S/C8H14ClNO3S/c1-7(6-9)8(11)10-2-4-14(12,13)5-3-10/h7H,2-6H2,1H3. The van der Waals surface area contributed by atoms with E-state index in [1.165, 1.54) is 0 Å². The average molecular weight is 240 g/mol. The number of nitrogens with zero attached hydrogens (tertiary/aromatic N) is 1. The van der Waals surface area contributed by atoms with E-state index in [9.17, 15) is 13.2 Å². The minimum absolute atomic E-state index is 0.0464. The van der Waals surface area contributed by atoms with Crippen LogP contribution in [0.3, 0.4) is 0 Å². The minimum atomic E-state index is -2.91. The Labute approximate surface area is 89.1 Å². The van der Waals surface area contributed by atoms with Crippen LogP contribution in [0.2, 0.25) is 0 Å². The Bertz CT molecular complexity index is 301. The molecule has 1 saturated heterocycles. The van der Waals surface area contributed by atoms with Crippen LogP contribution in [0, 0.1) is 5.92 Å². The summed E-state index contributed by atoms with van der Waals surface area (Å²) >= 11 is 5.56. The normalized spacial score (nSPS) is 23.1. The number of amides is 1. The number of carbonyl (C=O) groups excluding carboxylic acids is 1. The summed E-state index contributed by atoms with van der Waals surface area (Å²) in [4.78, 5) is 13.2. The summed E-state index contributed by atoms with van der Waals surface area (Å²) in [6.07, 6.45) is 0. The molecule has 14 heavy (non-hydrogen) atoms. The van der Waals surface area contributed by atoms with Gasteiger partial charge in [-0.25, -0.2) is 8.42 Å². The van der Waals surface area contributed by atoms with E-state index in [2.05, 4.69) is 0 Å². The van der Waals surface area contributed by atoms with Crippen molar-refractivity contribution in [1.82, 2.24) is 4.90 Å². The molecule has 0 aromatic carbocycles. The van der Waals surface area contributed by atoms with Gasteiger partial charge in [-0.3, -0.25) is 4.79 Å². The summed E-state index contributed by atoms with van der Waals surface area (Å²) in [5.74, 6) is 0.163. The highest BCUT2D eigenvalue weighted by Crippen LogP contribution is 2.09. The zero-order chi connectivity index (χ0) is 10.8. The summed E-state index contributed by atoms with van der Waals surface area (Å²) in [6, 6.07) is 0. The molecule has 0 aromatic heterocycles. The monoisotopic (exact) mass is 239 g/mol. The molecule has 0 aliphatic carbocycles. The fourth-order valence-corrected chi connectivity index (χ4v) is 2.64. The van der Waals surface area contributed by atoms with Gasteiger partial charge >= 0.3 is 0 Å². The van der Waals surface area contributed by atoms with Gasteiger partial charge in [0.2, 0.25) is 5.91 Å². The maximum Gasteiger partial charge on any atom is 0.226 e. The zero-order valence-electron chi connectivity index (χ0n) is 8.07. The minimum Gasteiger partial charge on any atom is -0.340 e. The second-order valence-electron chi connectivity index (χ2n) is 3.53. The van der Waals surface area contributed by atoms with Crippen LogP contribution in [0.15, 0.2) is 0 Å². The first-order valence-corrected chi connectivity index (χ1v) is 6.87. The topological polar surface area (TPSA) is 54.5 Å². The third kappa shape index (κ3) is 2.85. The second kappa shape index (κ2) is 4.49. The number of carbonyl (C=O) groups is 1. The van der Waals surface area contributed by atoms with E-state index in [1.807, 2.05) is 0 Å². The van der Waals surface area contributed by atoms with E-state index in [4.69, 9.17) is 11.6 Å². The molecule has 1 fully saturated rings. The largest absolute Gasteiger partial charge is 0.340 e. The molecule has 1 amide bonds. The van der Waals surface area contributed by atoms with Gasteiger partial charge in [0, 0.05) is 24.9 Å². The van der Waals surface area contributed by atoms with Gasteiger partial charge < -0.3 is 4.90 Å². The fraction of sp³-hybridized carbons (Fsp3) is 0.875. The molecular weight excluding hydrogens is 226 g/mol. The Hall–Kier alpha value is -0.290. The Balaban J connectivity index is 2.54. The van der Waals surface area contributed by atoms with Crippen LogP contribution in [0.1, 0.15) is 6.92 Å². The first-order chi connectivity index (χ1) is 6.46. The van der Waals surface area contributed by atoms with E-state index in [1.54, 1.807) is 11.8 Å². The van der Waals surface area contributed by atoms with Crippen molar-refractivity contribution in [2.24, 2.45) is 5.92 Å². The highest BCUT2D eigenvalue weighted by molar-refractivity contribution is 7.91. The molecule has 1 heterocycles. The molecule has 1 atom stereocenters. The van der Waals surface area contributed by atoms with Gasteiger partial charge in [-0.05, 0) is 0 Å². The van der Waals surface area contributed by atoms with E-state index < -0.39 is 9.84 Å². The maximum atomic E-state index is 11.6. The van der Waals surface area contributed by atoms with Crippen molar-refractivity contribution in [1.29, 1.82) is 0 Å². The van der Waals surface area contributed by atoms with Gasteiger partial charge in [-0.2, -0.15) is 0 Å². The molecule has 1 rings (SSSR count). The predicted molar refractivity (Wildman–Crippen MR) is 55.1 cm³/mol. The number of hydrogen-bond donors (Lipinski definition) is 0. The molecule has 0 aromatic rings. The molecule has 6 heteroatoms. The average Bonchev–Trinajstić information content (AvgIpc) is 2.15. The predicted octanol–water partition coefficient (Wildman–Crippen LogP) is 0.118. The third-order valence-electron chi connectivity index (χ3n) is 2.31. The first kappa shape index (κ1) is 11.8. The van der Waals surface area contributed by atoms with Crippen molar-refractivity contribution < 1.29 is 13.2 Å². The van der Waals surface area contributed by atoms with Crippen LogP contribution in [0.4, 0.5) is 0 Å². The molecular formula is C8H14ClNO3S. The van der Waals surface area contributed by atoms with Gasteiger partial charge in [-0.1, -0.05) is 6.92 Å². The van der Waals surface area contributed by atoms with Crippen molar-refractivity contribution in [3.8, 4) is 0 Å². The lowest BCUT2D eigenvalue weighted by Gasteiger charge is -2.28. The Morgan fingerprint density at radius 2 is 1.93 bits per heavy atom. The van der Waals surface area contributed by atoms with Crippen LogP contribution in [0.5, 0.6) is 0 Å². The molecule has 1 aliphatic heterocycles. The lowest BCUT2D eigenvalue weighted by Crippen LogP contribution is -2.46. The van der Waals surface area contributed by atoms with Gasteiger partial charge in [0.25, 0.3) is 0 Å². The second-order valence-corrected chi connectivity index (χ2v) is 6.14. The maximum absolute atomic E-state index is 11.6. The molecule has 0 bridgehead atoms. The third-order valence-corrected chi connectivity index (χ3v) is 4.38. The SMILES string of the molecule is CC(CCl)C(=O)N1CCS(=O)(=O)CC1. The lowest BCUT2D eigenvalue weighted by atomic mass is 10.2. The number of rotatable bonds is 2. The van der Waals surface area contributed by atoms with Gasteiger partial charge in [0.1, 0.15) is 0 Å². The van der Waals surface area contributed by atoms with E-state index in [0.717, 1.165) is 0 Å². The highest BCUT2D eigenvalue weighted by Gasteiger charge is 2.27. The quantitative estimate of drug-likeness (QED) is 0.644. The molecule has 0 N–H and O–H groups in total. The van der Waals surface area contributed by atoms with Gasteiger partial charge in [-0.15, -0.1) is 11.6 Å². The molecule has 0 spiro atoms. The molecule has 1 unspecified atom stereocenters. The molecule has 1 aliphatic rings. The van der Waals surface area contributed by atoms with E-state index in [-0.39, 0.29) is 29.2 Å². The van der Waals surface area contributed by atoms with Crippen LogP contribution >= 0.6 is 11.6 Å². The lowest BCUT2D eigenvalue weighted by molar-refractivity contribution is -0.133. The van der Waals surface area contributed by atoms with Crippen LogP contribution in [-0.2, 0) is 14.6 Å². The van der Waals surface area contributed by atoms with E-state index >= 15 is 0 Å². The molecule has 82 valence electrons. The first-order valence-electron chi connectivity index (χ1n) is 4.51. The van der Waals surface area contributed by atoms with Crippen molar-refractivity contribution in [3.05, 3.63) is 0 Å². The van der Waals surface area contributed by atoms with Crippen LogP contribution < -0.4 is 0 Å². The van der Waals surface area contributed by atoms with Gasteiger partial charge in [0.05, 0.1) is 11.5 Å². The Morgan fingerprint density at radius 3 is 2.36 bits per heavy atom. The van der Waals surface area contributed by atoms with Crippen molar-refractivity contribution in [2.45, 2.75) is 6.92 Å². The summed E-state index contributed by atoms with van der Waals surface area (Å²) in [7, 11) is -2.91. The Morgan fingerprint density at radius 1 is 1.43 bits per heavy atom. The van der Waals surface area contributed by atoms with Crippen molar-refractivity contribution in [3.63, 3.8) is 0 Å². The Kier molecular flexibility index (Phi) is 3.78. The van der Waals surface area contributed by atoms with E-state index in [0.29, 0.717) is 13.1 Å². The fourth-order valence-electron chi connectivity index (χ4n) is 1.31. The number of hydrogen-bond acceptors (Lipinski definition) is 3. The summed E-state index contributed by atoms with van der Waals surface area (Å²) in [5.41, 5.74) is 0. The summed E-state index contributed by atoms with van der Waals surface area (Å²) in [6.45, 7) is 2.36. The van der Waals surface area contributed by atoms with Gasteiger partial charge in [0.15, 0.2) is 9.84 Å². The van der Waals surface area contributed by atoms with Crippen molar-refractivity contribution >= 4 is 27.3 Å². The van der Waals surface area contributed by atoms with Crippen molar-refractivity contribution in [2.75, 3.05) is 30.5 Å². The summed E-state index contributed by atoms with van der Waals surface area (Å²) < 4.78 is 22.2. The zero-order valence-corrected chi connectivity index (χ0v) is 9.64. The molecule has 0 saturated carbocycles. The smallest absolute Gasteiger partial charge is 0.226 e. The van der Waals surface area contributed by atoms with Crippen LogP contribution in [0.25, 0.3) is 0 Å². The number of alkyl halides is 1. The highest BCUT2D eigenvalue weighted by atomic mass is 35.5.